The van der Waals surface area contributed by atoms with Gasteiger partial charge >= 0.3 is 0 Å². The van der Waals surface area contributed by atoms with Crippen molar-refractivity contribution in [3.63, 3.8) is 0 Å². The summed E-state index contributed by atoms with van der Waals surface area (Å²) >= 11 is 5.99. The molecule has 1 aliphatic rings. The van der Waals surface area contributed by atoms with Crippen LogP contribution in [0.15, 0.2) is 24.3 Å². The summed E-state index contributed by atoms with van der Waals surface area (Å²) in [4.78, 5) is 4.12. The SMILES string of the molecule is CC(O)C1CCc2c(-c3ccc(F)cc3F)cc(Cl)nc2O1. The average molecular weight is 326 g/mol. The molecule has 3 nitrogen and oxygen atoms in total. The number of ether oxygens (including phenoxy) is 1. The molecule has 3 rings (SSSR count). The number of halogens is 3. The zero-order valence-corrected chi connectivity index (χ0v) is 12.6. The van der Waals surface area contributed by atoms with Crippen LogP contribution in [-0.4, -0.2) is 22.3 Å². The van der Waals surface area contributed by atoms with Gasteiger partial charge in [0.2, 0.25) is 5.88 Å². The molecule has 0 spiro atoms. The smallest absolute Gasteiger partial charge is 0.218 e. The van der Waals surface area contributed by atoms with E-state index >= 15 is 0 Å². The van der Waals surface area contributed by atoms with Crippen LogP contribution in [0.4, 0.5) is 8.78 Å². The molecule has 1 N–H and O–H groups in total. The topological polar surface area (TPSA) is 42.4 Å². The highest BCUT2D eigenvalue weighted by molar-refractivity contribution is 6.29. The quantitative estimate of drug-likeness (QED) is 0.855. The van der Waals surface area contributed by atoms with Crippen molar-refractivity contribution in [2.75, 3.05) is 0 Å². The Morgan fingerprint density at radius 2 is 2.09 bits per heavy atom. The Hall–Kier alpha value is -1.72. The van der Waals surface area contributed by atoms with Crippen molar-refractivity contribution in [1.82, 2.24) is 4.98 Å². The predicted octanol–water partition coefficient (Wildman–Crippen LogP) is 3.75. The molecule has 116 valence electrons. The summed E-state index contributed by atoms with van der Waals surface area (Å²) in [5.74, 6) is -1.01. The summed E-state index contributed by atoms with van der Waals surface area (Å²) in [5, 5.41) is 9.80. The van der Waals surface area contributed by atoms with Crippen molar-refractivity contribution in [2.24, 2.45) is 0 Å². The lowest BCUT2D eigenvalue weighted by atomic mass is 9.94. The van der Waals surface area contributed by atoms with Gasteiger partial charge in [-0.3, -0.25) is 0 Å². The lowest BCUT2D eigenvalue weighted by Gasteiger charge is -2.28. The highest BCUT2D eigenvalue weighted by atomic mass is 35.5. The first-order valence-corrected chi connectivity index (χ1v) is 7.33. The molecule has 1 aromatic heterocycles. The Labute approximate surface area is 131 Å². The lowest BCUT2D eigenvalue weighted by Crippen LogP contribution is -2.33. The van der Waals surface area contributed by atoms with Crippen molar-refractivity contribution < 1.29 is 18.6 Å². The van der Waals surface area contributed by atoms with E-state index in [2.05, 4.69) is 4.98 Å². The Balaban J connectivity index is 2.10. The van der Waals surface area contributed by atoms with Crippen LogP contribution in [0.1, 0.15) is 18.9 Å². The molecule has 2 heterocycles. The van der Waals surface area contributed by atoms with Gasteiger partial charge < -0.3 is 9.84 Å². The molecule has 0 saturated heterocycles. The maximum Gasteiger partial charge on any atom is 0.218 e. The normalized spacial score (nSPS) is 18.5. The Morgan fingerprint density at radius 1 is 1.32 bits per heavy atom. The first-order valence-electron chi connectivity index (χ1n) is 6.95. The van der Waals surface area contributed by atoms with Gasteiger partial charge in [0.05, 0.1) is 6.10 Å². The van der Waals surface area contributed by atoms with Crippen molar-refractivity contribution in [1.29, 1.82) is 0 Å². The molecule has 0 bridgehead atoms. The van der Waals surface area contributed by atoms with E-state index in [1.807, 2.05) is 0 Å². The number of pyridine rings is 1. The fourth-order valence-electron chi connectivity index (χ4n) is 2.63. The number of rotatable bonds is 2. The van der Waals surface area contributed by atoms with Crippen LogP contribution < -0.4 is 4.74 Å². The van der Waals surface area contributed by atoms with Crippen molar-refractivity contribution in [3.05, 3.63) is 46.6 Å². The fourth-order valence-corrected chi connectivity index (χ4v) is 2.82. The van der Waals surface area contributed by atoms with Crippen LogP contribution in [0.2, 0.25) is 5.15 Å². The number of nitrogens with zero attached hydrogens (tertiary/aromatic N) is 1. The van der Waals surface area contributed by atoms with Gasteiger partial charge in [-0.15, -0.1) is 0 Å². The second-order valence-corrected chi connectivity index (χ2v) is 5.72. The zero-order chi connectivity index (χ0) is 15.9. The highest BCUT2D eigenvalue weighted by Gasteiger charge is 2.28. The minimum absolute atomic E-state index is 0.156. The minimum Gasteiger partial charge on any atom is -0.471 e. The number of fused-ring (bicyclic) bond motifs is 1. The molecule has 2 aromatic rings. The van der Waals surface area contributed by atoms with Gasteiger partial charge in [-0.1, -0.05) is 11.6 Å². The van der Waals surface area contributed by atoms with E-state index < -0.39 is 17.7 Å². The van der Waals surface area contributed by atoms with Crippen LogP contribution in [0.3, 0.4) is 0 Å². The summed E-state index contributed by atoms with van der Waals surface area (Å²) in [6.45, 7) is 1.64. The number of aromatic nitrogens is 1. The predicted molar refractivity (Wildman–Crippen MR) is 79.0 cm³/mol. The van der Waals surface area contributed by atoms with Gasteiger partial charge in [0.15, 0.2) is 0 Å². The van der Waals surface area contributed by atoms with E-state index in [-0.39, 0.29) is 16.8 Å². The molecule has 0 aliphatic carbocycles. The van der Waals surface area contributed by atoms with E-state index in [4.69, 9.17) is 16.3 Å². The first-order chi connectivity index (χ1) is 10.5. The Morgan fingerprint density at radius 3 is 2.77 bits per heavy atom. The molecule has 22 heavy (non-hydrogen) atoms. The minimum atomic E-state index is -0.665. The van der Waals surface area contributed by atoms with Crippen LogP contribution in [0.5, 0.6) is 5.88 Å². The Bertz CT molecular complexity index is 722. The molecule has 1 aliphatic heterocycles. The van der Waals surface area contributed by atoms with Gasteiger partial charge in [0, 0.05) is 17.2 Å². The molecular weight excluding hydrogens is 312 g/mol. The third-order valence-corrected chi connectivity index (χ3v) is 3.95. The number of aliphatic hydroxyl groups excluding tert-OH is 1. The third-order valence-electron chi connectivity index (χ3n) is 3.76. The largest absolute Gasteiger partial charge is 0.471 e. The van der Waals surface area contributed by atoms with Crippen molar-refractivity contribution in [3.8, 4) is 17.0 Å². The lowest BCUT2D eigenvalue weighted by molar-refractivity contribution is 0.0325. The van der Waals surface area contributed by atoms with E-state index in [0.717, 1.165) is 6.07 Å². The van der Waals surface area contributed by atoms with Crippen LogP contribution >= 0.6 is 11.6 Å². The van der Waals surface area contributed by atoms with Crippen molar-refractivity contribution in [2.45, 2.75) is 32.0 Å². The molecule has 0 fully saturated rings. The molecule has 0 amide bonds. The molecule has 1 aromatic carbocycles. The van der Waals surface area contributed by atoms with Crippen LogP contribution in [-0.2, 0) is 6.42 Å². The molecule has 2 unspecified atom stereocenters. The second-order valence-electron chi connectivity index (χ2n) is 5.34. The monoisotopic (exact) mass is 325 g/mol. The second kappa shape index (κ2) is 5.82. The maximum atomic E-state index is 14.1. The third kappa shape index (κ3) is 2.78. The molecular formula is C16H14ClF2NO2. The number of hydrogen-bond acceptors (Lipinski definition) is 3. The van der Waals surface area contributed by atoms with Crippen LogP contribution in [0.25, 0.3) is 11.1 Å². The van der Waals surface area contributed by atoms with Gasteiger partial charge in [0.25, 0.3) is 0 Å². The summed E-state index contributed by atoms with van der Waals surface area (Å²) < 4.78 is 32.8. The zero-order valence-electron chi connectivity index (χ0n) is 11.8. The summed E-state index contributed by atoms with van der Waals surface area (Å²) in [5.41, 5.74) is 1.50. The van der Waals surface area contributed by atoms with E-state index in [9.17, 15) is 13.9 Å². The molecule has 2 atom stereocenters. The Kier molecular flexibility index (Phi) is 4.02. The molecule has 0 radical (unpaired) electrons. The maximum absolute atomic E-state index is 14.1. The number of hydrogen-bond donors (Lipinski definition) is 1. The highest BCUT2D eigenvalue weighted by Crippen LogP contribution is 2.38. The van der Waals surface area contributed by atoms with Gasteiger partial charge in [-0.25, -0.2) is 13.8 Å². The molecule has 0 saturated carbocycles. The van der Waals surface area contributed by atoms with Crippen LogP contribution in [0, 0.1) is 11.6 Å². The van der Waals surface area contributed by atoms with Crippen molar-refractivity contribution >= 4 is 11.6 Å². The standard InChI is InChI=1S/C16H14ClF2NO2/c1-8(21)14-5-4-11-12(7-15(17)20-16(11)22-14)10-3-2-9(18)6-13(10)19/h2-3,6-8,14,21H,4-5H2,1H3. The summed E-state index contributed by atoms with van der Waals surface area (Å²) in [7, 11) is 0. The van der Waals surface area contributed by atoms with Gasteiger partial charge in [0.1, 0.15) is 22.9 Å². The summed E-state index contributed by atoms with van der Waals surface area (Å²) in [6.07, 6.45) is 0.148. The average Bonchev–Trinajstić information content (AvgIpc) is 2.45. The van der Waals surface area contributed by atoms with Gasteiger partial charge in [-0.2, -0.15) is 0 Å². The number of benzene rings is 1. The number of aliphatic hydroxyl groups is 1. The summed E-state index contributed by atoms with van der Waals surface area (Å²) in [6, 6.07) is 4.94. The fraction of sp³-hybridized carbons (Fsp3) is 0.312. The molecule has 6 heteroatoms. The van der Waals surface area contributed by atoms with E-state index in [1.54, 1.807) is 13.0 Å². The first kappa shape index (κ1) is 15.2. The van der Waals surface area contributed by atoms with Gasteiger partial charge in [-0.05, 0) is 43.5 Å². The van der Waals surface area contributed by atoms with E-state index in [1.165, 1.54) is 12.1 Å². The van der Waals surface area contributed by atoms with E-state index in [0.29, 0.717) is 29.8 Å².